The van der Waals surface area contributed by atoms with E-state index >= 15 is 0 Å². The molecule has 0 spiro atoms. The Morgan fingerprint density at radius 2 is 2.08 bits per heavy atom. The molecule has 3 rings (SSSR count). The predicted molar refractivity (Wildman–Crippen MR) is 101 cm³/mol. The highest BCUT2D eigenvalue weighted by Gasteiger charge is 2.23. The van der Waals surface area contributed by atoms with Crippen molar-refractivity contribution < 1.29 is 9.90 Å². The van der Waals surface area contributed by atoms with Gasteiger partial charge in [-0.2, -0.15) is 0 Å². The number of pyridine rings is 1. The highest BCUT2D eigenvalue weighted by molar-refractivity contribution is 5.85. The van der Waals surface area contributed by atoms with Crippen LogP contribution in [0.5, 0.6) is 0 Å². The number of nitrogens with one attached hydrogen (secondary N) is 1. The molecule has 2 fully saturated rings. The van der Waals surface area contributed by atoms with Crippen LogP contribution in [-0.2, 0) is 4.79 Å². The largest absolute Gasteiger partial charge is 0.478 e. The first-order valence-corrected chi connectivity index (χ1v) is 9.55. The van der Waals surface area contributed by atoms with E-state index < -0.39 is 5.97 Å². The zero-order valence-corrected chi connectivity index (χ0v) is 14.9. The van der Waals surface area contributed by atoms with Crippen molar-refractivity contribution >= 4 is 17.9 Å². The number of nitrogens with zero attached hydrogens (tertiary/aromatic N) is 2. The van der Waals surface area contributed by atoms with Gasteiger partial charge < -0.3 is 15.3 Å². The van der Waals surface area contributed by atoms with Crippen molar-refractivity contribution in [1.82, 2.24) is 9.88 Å². The Balaban J connectivity index is 1.49. The van der Waals surface area contributed by atoms with Gasteiger partial charge in [-0.25, -0.2) is 9.78 Å². The third kappa shape index (κ3) is 5.85. The zero-order valence-electron chi connectivity index (χ0n) is 14.9. The SMILES string of the molecule is O=C(O)C=Cc1ccc(N[C@H]2CCCN(CC3CCCCC3)C2)nc1. The van der Waals surface area contributed by atoms with Crippen molar-refractivity contribution in [3.05, 3.63) is 30.0 Å². The van der Waals surface area contributed by atoms with Crippen LogP contribution in [0.2, 0.25) is 0 Å². The summed E-state index contributed by atoms with van der Waals surface area (Å²) in [5.41, 5.74) is 0.801. The molecule has 0 bridgehead atoms. The summed E-state index contributed by atoms with van der Waals surface area (Å²) in [7, 11) is 0. The molecule has 2 N–H and O–H groups in total. The number of carboxylic acid groups (broad SMARTS) is 1. The maximum atomic E-state index is 10.6. The number of carbonyl (C=O) groups is 1. The number of hydrogen-bond donors (Lipinski definition) is 2. The molecule has 2 aliphatic rings. The summed E-state index contributed by atoms with van der Waals surface area (Å²) in [6, 6.07) is 4.28. The molecule has 0 radical (unpaired) electrons. The van der Waals surface area contributed by atoms with Gasteiger partial charge in [0.05, 0.1) is 0 Å². The van der Waals surface area contributed by atoms with Crippen LogP contribution >= 0.6 is 0 Å². The van der Waals surface area contributed by atoms with Gasteiger partial charge in [0.15, 0.2) is 0 Å². The molecule has 25 heavy (non-hydrogen) atoms. The summed E-state index contributed by atoms with van der Waals surface area (Å²) in [6.45, 7) is 3.57. The number of aromatic nitrogens is 1. The monoisotopic (exact) mass is 343 g/mol. The summed E-state index contributed by atoms with van der Waals surface area (Å²) >= 11 is 0. The van der Waals surface area contributed by atoms with E-state index in [2.05, 4.69) is 15.2 Å². The van der Waals surface area contributed by atoms with E-state index in [9.17, 15) is 4.79 Å². The lowest BCUT2D eigenvalue weighted by molar-refractivity contribution is -0.131. The number of aliphatic carboxylic acids is 1. The molecule has 0 aromatic carbocycles. The van der Waals surface area contributed by atoms with E-state index in [1.54, 1.807) is 12.3 Å². The van der Waals surface area contributed by atoms with Gasteiger partial charge in [-0.05, 0) is 61.9 Å². The minimum atomic E-state index is -0.942. The molecule has 2 heterocycles. The van der Waals surface area contributed by atoms with E-state index in [1.165, 1.54) is 58.0 Å². The van der Waals surface area contributed by atoms with Crippen LogP contribution in [0.4, 0.5) is 5.82 Å². The smallest absolute Gasteiger partial charge is 0.328 e. The van der Waals surface area contributed by atoms with E-state index in [0.717, 1.165) is 29.9 Å². The van der Waals surface area contributed by atoms with Crippen LogP contribution in [0.3, 0.4) is 0 Å². The van der Waals surface area contributed by atoms with E-state index in [-0.39, 0.29) is 0 Å². The van der Waals surface area contributed by atoms with Crippen LogP contribution in [0, 0.1) is 5.92 Å². The number of anilines is 1. The van der Waals surface area contributed by atoms with E-state index in [0.29, 0.717) is 6.04 Å². The van der Waals surface area contributed by atoms with E-state index in [4.69, 9.17) is 5.11 Å². The lowest BCUT2D eigenvalue weighted by Gasteiger charge is -2.36. The molecular formula is C20H29N3O2. The second kappa shape index (κ2) is 8.99. The Labute approximate surface area is 150 Å². The standard InChI is InChI=1S/C20H29N3O2/c24-20(25)11-9-16-8-10-19(21-13-16)22-18-7-4-12-23(15-18)14-17-5-2-1-3-6-17/h8-11,13,17-18H,1-7,12,14-15H2,(H,21,22)(H,24,25)/t18-/m0/s1. The van der Waals surface area contributed by atoms with Gasteiger partial charge in [-0.1, -0.05) is 19.3 Å². The lowest BCUT2D eigenvalue weighted by atomic mass is 9.88. The first kappa shape index (κ1) is 17.9. The summed E-state index contributed by atoms with van der Waals surface area (Å²) in [6.07, 6.45) is 13.9. The third-order valence-corrected chi connectivity index (χ3v) is 5.30. The fraction of sp³-hybridized carbons (Fsp3) is 0.600. The molecule has 1 aliphatic carbocycles. The molecule has 1 atom stereocenters. The average Bonchev–Trinajstić information content (AvgIpc) is 2.62. The number of carboxylic acids is 1. The van der Waals surface area contributed by atoms with Gasteiger partial charge in [-0.15, -0.1) is 0 Å². The summed E-state index contributed by atoms with van der Waals surface area (Å²) in [5, 5.41) is 12.2. The Bertz CT molecular complexity index is 579. The van der Waals surface area contributed by atoms with Gasteiger partial charge in [0.1, 0.15) is 5.82 Å². The van der Waals surface area contributed by atoms with Gasteiger partial charge in [0, 0.05) is 31.4 Å². The van der Waals surface area contributed by atoms with Crippen molar-refractivity contribution in [1.29, 1.82) is 0 Å². The van der Waals surface area contributed by atoms with Gasteiger partial charge in [-0.3, -0.25) is 0 Å². The molecule has 1 aliphatic heterocycles. The highest BCUT2D eigenvalue weighted by atomic mass is 16.4. The average molecular weight is 343 g/mol. The van der Waals surface area contributed by atoms with E-state index in [1.807, 2.05) is 12.1 Å². The van der Waals surface area contributed by atoms with Crippen molar-refractivity contribution in [2.75, 3.05) is 25.0 Å². The van der Waals surface area contributed by atoms with Crippen molar-refractivity contribution in [3.8, 4) is 0 Å². The van der Waals surface area contributed by atoms with Crippen LogP contribution < -0.4 is 5.32 Å². The summed E-state index contributed by atoms with van der Waals surface area (Å²) < 4.78 is 0. The van der Waals surface area contributed by atoms with Crippen LogP contribution in [-0.4, -0.2) is 46.6 Å². The Hall–Kier alpha value is -1.88. The lowest BCUT2D eigenvalue weighted by Crippen LogP contribution is -2.44. The van der Waals surface area contributed by atoms with Gasteiger partial charge in [0.25, 0.3) is 0 Å². The number of piperidine rings is 1. The number of rotatable bonds is 6. The molecule has 1 aromatic rings. The molecule has 1 saturated heterocycles. The second-order valence-corrected chi connectivity index (χ2v) is 7.40. The summed E-state index contributed by atoms with van der Waals surface area (Å²) in [5.74, 6) is 0.824. The summed E-state index contributed by atoms with van der Waals surface area (Å²) in [4.78, 5) is 17.6. The fourth-order valence-corrected chi connectivity index (χ4v) is 4.04. The van der Waals surface area contributed by atoms with Crippen LogP contribution in [0.25, 0.3) is 6.08 Å². The molecule has 5 nitrogen and oxygen atoms in total. The molecule has 0 amide bonds. The normalized spacial score (nSPS) is 23.0. The van der Waals surface area contributed by atoms with Crippen molar-refractivity contribution in [3.63, 3.8) is 0 Å². The highest BCUT2D eigenvalue weighted by Crippen LogP contribution is 2.26. The Morgan fingerprint density at radius 1 is 1.24 bits per heavy atom. The number of likely N-dealkylation sites (tertiary alicyclic amines) is 1. The van der Waals surface area contributed by atoms with Crippen LogP contribution in [0.1, 0.15) is 50.5 Å². The molecule has 1 aromatic heterocycles. The minimum absolute atomic E-state index is 0.449. The van der Waals surface area contributed by atoms with Gasteiger partial charge in [0.2, 0.25) is 0 Å². The first-order valence-electron chi connectivity index (χ1n) is 9.55. The third-order valence-electron chi connectivity index (χ3n) is 5.30. The minimum Gasteiger partial charge on any atom is -0.478 e. The first-order chi connectivity index (χ1) is 12.2. The Morgan fingerprint density at radius 3 is 2.80 bits per heavy atom. The zero-order chi connectivity index (χ0) is 17.5. The van der Waals surface area contributed by atoms with Crippen molar-refractivity contribution in [2.45, 2.75) is 51.0 Å². The molecule has 5 heteroatoms. The molecular weight excluding hydrogens is 314 g/mol. The van der Waals surface area contributed by atoms with Crippen molar-refractivity contribution in [2.24, 2.45) is 5.92 Å². The molecule has 0 unspecified atom stereocenters. The van der Waals surface area contributed by atoms with Crippen LogP contribution in [0.15, 0.2) is 24.4 Å². The molecule has 1 saturated carbocycles. The Kier molecular flexibility index (Phi) is 6.45. The molecule has 136 valence electrons. The number of hydrogen-bond acceptors (Lipinski definition) is 4. The fourth-order valence-electron chi connectivity index (χ4n) is 4.04. The quantitative estimate of drug-likeness (QED) is 0.772. The van der Waals surface area contributed by atoms with Gasteiger partial charge >= 0.3 is 5.97 Å². The maximum Gasteiger partial charge on any atom is 0.328 e. The second-order valence-electron chi connectivity index (χ2n) is 7.40. The topological polar surface area (TPSA) is 65.5 Å². The predicted octanol–water partition coefficient (Wildman–Crippen LogP) is 3.64. The maximum absolute atomic E-state index is 10.6.